The standard InChI is InChI=1S/C18H16ClFN2O2/c1-11-2-3-13(19)9-16(11)21-18(24)12-8-17(23)22(10-12)15-6-4-14(20)5-7-15/h2-7,9,12H,8,10H2,1H3,(H,21,24)/t12-/m1/s1. The van der Waals surface area contributed by atoms with Crippen LogP contribution in [0.3, 0.4) is 0 Å². The van der Waals surface area contributed by atoms with Crippen molar-refractivity contribution >= 4 is 34.8 Å². The van der Waals surface area contributed by atoms with Gasteiger partial charge in [-0.2, -0.15) is 0 Å². The average Bonchev–Trinajstić information content (AvgIpc) is 2.94. The van der Waals surface area contributed by atoms with Crippen LogP contribution in [-0.4, -0.2) is 18.4 Å². The molecule has 0 radical (unpaired) electrons. The summed E-state index contributed by atoms with van der Waals surface area (Å²) in [6, 6.07) is 10.9. The Morgan fingerprint density at radius 3 is 2.67 bits per heavy atom. The number of carbonyl (C=O) groups is 2. The highest BCUT2D eigenvalue weighted by atomic mass is 35.5. The third kappa shape index (κ3) is 3.41. The molecular formula is C18H16ClFN2O2. The van der Waals surface area contributed by atoms with Crippen molar-refractivity contribution in [2.24, 2.45) is 5.92 Å². The van der Waals surface area contributed by atoms with Crippen LogP contribution < -0.4 is 10.2 Å². The van der Waals surface area contributed by atoms with Crippen LogP contribution >= 0.6 is 11.6 Å². The van der Waals surface area contributed by atoms with E-state index in [1.165, 1.54) is 29.2 Å². The van der Waals surface area contributed by atoms with E-state index in [0.717, 1.165) is 5.56 Å². The van der Waals surface area contributed by atoms with E-state index in [4.69, 9.17) is 11.6 Å². The molecular weight excluding hydrogens is 331 g/mol. The number of carbonyl (C=O) groups excluding carboxylic acids is 2. The van der Waals surface area contributed by atoms with E-state index in [1.54, 1.807) is 12.1 Å². The second kappa shape index (κ2) is 6.61. The molecule has 0 aliphatic carbocycles. The van der Waals surface area contributed by atoms with Gasteiger partial charge in [-0.05, 0) is 48.9 Å². The molecule has 1 saturated heterocycles. The molecule has 1 aliphatic rings. The number of amides is 2. The quantitative estimate of drug-likeness (QED) is 0.919. The largest absolute Gasteiger partial charge is 0.325 e. The smallest absolute Gasteiger partial charge is 0.229 e. The number of rotatable bonds is 3. The predicted molar refractivity (Wildman–Crippen MR) is 91.7 cm³/mol. The third-order valence-electron chi connectivity index (χ3n) is 4.09. The minimum Gasteiger partial charge on any atom is -0.325 e. The molecule has 3 rings (SSSR count). The second-order valence-corrected chi connectivity index (χ2v) is 6.27. The van der Waals surface area contributed by atoms with Crippen LogP contribution in [-0.2, 0) is 9.59 Å². The fourth-order valence-corrected chi connectivity index (χ4v) is 2.89. The van der Waals surface area contributed by atoms with Gasteiger partial charge in [0.1, 0.15) is 5.82 Å². The Bertz CT molecular complexity index is 792. The minimum atomic E-state index is -0.457. The van der Waals surface area contributed by atoms with Gasteiger partial charge in [0.25, 0.3) is 0 Å². The molecule has 2 amide bonds. The lowest BCUT2D eigenvalue weighted by molar-refractivity contribution is -0.122. The van der Waals surface area contributed by atoms with Crippen LogP contribution in [0.15, 0.2) is 42.5 Å². The lowest BCUT2D eigenvalue weighted by Crippen LogP contribution is -2.28. The molecule has 4 nitrogen and oxygen atoms in total. The zero-order valence-corrected chi connectivity index (χ0v) is 13.8. The van der Waals surface area contributed by atoms with Crippen molar-refractivity contribution in [2.45, 2.75) is 13.3 Å². The molecule has 0 spiro atoms. The van der Waals surface area contributed by atoms with Crippen molar-refractivity contribution < 1.29 is 14.0 Å². The number of benzene rings is 2. The Morgan fingerprint density at radius 2 is 1.96 bits per heavy atom. The maximum atomic E-state index is 13.0. The maximum absolute atomic E-state index is 13.0. The van der Waals surface area contributed by atoms with Gasteiger partial charge in [0, 0.05) is 29.4 Å². The van der Waals surface area contributed by atoms with Crippen molar-refractivity contribution in [2.75, 3.05) is 16.8 Å². The van der Waals surface area contributed by atoms with Crippen molar-refractivity contribution in [1.29, 1.82) is 0 Å². The van der Waals surface area contributed by atoms with E-state index in [0.29, 0.717) is 16.4 Å². The van der Waals surface area contributed by atoms with Gasteiger partial charge in [-0.1, -0.05) is 17.7 Å². The van der Waals surface area contributed by atoms with E-state index in [-0.39, 0.29) is 30.6 Å². The fraction of sp³-hybridized carbons (Fsp3) is 0.222. The Hall–Kier alpha value is -2.40. The summed E-state index contributed by atoms with van der Waals surface area (Å²) in [5.74, 6) is -1.19. The maximum Gasteiger partial charge on any atom is 0.229 e. The molecule has 124 valence electrons. The van der Waals surface area contributed by atoms with E-state index in [1.807, 2.05) is 13.0 Å². The first-order valence-corrected chi connectivity index (χ1v) is 7.95. The molecule has 0 unspecified atom stereocenters. The van der Waals surface area contributed by atoms with Crippen molar-refractivity contribution in [3.05, 3.63) is 58.9 Å². The van der Waals surface area contributed by atoms with Gasteiger partial charge in [0.15, 0.2) is 0 Å². The topological polar surface area (TPSA) is 49.4 Å². The van der Waals surface area contributed by atoms with Gasteiger partial charge in [-0.15, -0.1) is 0 Å². The lowest BCUT2D eigenvalue weighted by Gasteiger charge is -2.17. The minimum absolute atomic E-state index is 0.128. The molecule has 2 aromatic rings. The van der Waals surface area contributed by atoms with Gasteiger partial charge < -0.3 is 10.2 Å². The van der Waals surface area contributed by atoms with Crippen LogP contribution in [0, 0.1) is 18.7 Å². The molecule has 1 aliphatic heterocycles. The summed E-state index contributed by atoms with van der Waals surface area (Å²) in [5, 5.41) is 3.37. The molecule has 2 aromatic carbocycles. The third-order valence-corrected chi connectivity index (χ3v) is 4.33. The molecule has 1 fully saturated rings. The molecule has 1 N–H and O–H groups in total. The summed E-state index contributed by atoms with van der Waals surface area (Å²) in [6.07, 6.45) is 0.128. The van der Waals surface area contributed by atoms with Crippen LogP contribution in [0.2, 0.25) is 5.02 Å². The SMILES string of the molecule is Cc1ccc(Cl)cc1NC(=O)[C@@H]1CC(=O)N(c2ccc(F)cc2)C1. The molecule has 0 aromatic heterocycles. The van der Waals surface area contributed by atoms with Crippen LogP contribution in [0.1, 0.15) is 12.0 Å². The Balaban J connectivity index is 1.72. The summed E-state index contributed by atoms with van der Waals surface area (Å²) in [4.78, 5) is 26.1. The van der Waals surface area contributed by atoms with Crippen LogP contribution in [0.5, 0.6) is 0 Å². The highest BCUT2D eigenvalue weighted by molar-refractivity contribution is 6.31. The Labute approximate surface area is 144 Å². The Morgan fingerprint density at radius 1 is 1.25 bits per heavy atom. The molecule has 24 heavy (non-hydrogen) atoms. The van der Waals surface area contributed by atoms with Crippen LogP contribution in [0.4, 0.5) is 15.8 Å². The van der Waals surface area contributed by atoms with Crippen molar-refractivity contribution in [3.8, 4) is 0 Å². The first-order chi connectivity index (χ1) is 11.4. The zero-order valence-electron chi connectivity index (χ0n) is 13.1. The van der Waals surface area contributed by atoms with E-state index >= 15 is 0 Å². The normalized spacial score (nSPS) is 17.2. The first-order valence-electron chi connectivity index (χ1n) is 7.57. The number of aryl methyl sites for hydroxylation is 1. The second-order valence-electron chi connectivity index (χ2n) is 5.83. The molecule has 1 heterocycles. The predicted octanol–water partition coefficient (Wildman–Crippen LogP) is 3.78. The van der Waals surface area contributed by atoms with E-state index in [2.05, 4.69) is 5.32 Å². The van der Waals surface area contributed by atoms with Crippen molar-refractivity contribution in [1.82, 2.24) is 0 Å². The molecule has 0 saturated carbocycles. The van der Waals surface area contributed by atoms with Gasteiger partial charge >= 0.3 is 0 Å². The summed E-state index contributed by atoms with van der Waals surface area (Å²) in [5.41, 5.74) is 2.13. The zero-order chi connectivity index (χ0) is 17.3. The first kappa shape index (κ1) is 16.5. The number of nitrogens with zero attached hydrogens (tertiary/aromatic N) is 1. The number of anilines is 2. The van der Waals surface area contributed by atoms with Gasteiger partial charge in [0.2, 0.25) is 11.8 Å². The Kier molecular flexibility index (Phi) is 4.53. The number of hydrogen-bond donors (Lipinski definition) is 1. The average molecular weight is 347 g/mol. The number of nitrogens with one attached hydrogen (secondary N) is 1. The summed E-state index contributed by atoms with van der Waals surface area (Å²) < 4.78 is 13.0. The van der Waals surface area contributed by atoms with E-state index in [9.17, 15) is 14.0 Å². The van der Waals surface area contributed by atoms with Crippen molar-refractivity contribution in [3.63, 3.8) is 0 Å². The highest BCUT2D eigenvalue weighted by Crippen LogP contribution is 2.27. The highest BCUT2D eigenvalue weighted by Gasteiger charge is 2.35. The van der Waals surface area contributed by atoms with Gasteiger partial charge in [-0.3, -0.25) is 9.59 Å². The molecule has 1 atom stereocenters. The summed E-state index contributed by atoms with van der Waals surface area (Å²) >= 11 is 5.95. The number of halogens is 2. The fourth-order valence-electron chi connectivity index (χ4n) is 2.72. The lowest BCUT2D eigenvalue weighted by atomic mass is 10.1. The molecule has 0 bridgehead atoms. The van der Waals surface area contributed by atoms with Gasteiger partial charge in [-0.25, -0.2) is 4.39 Å². The molecule has 6 heteroatoms. The number of hydrogen-bond acceptors (Lipinski definition) is 2. The summed E-state index contributed by atoms with van der Waals surface area (Å²) in [6.45, 7) is 2.15. The monoisotopic (exact) mass is 346 g/mol. The van der Waals surface area contributed by atoms with Crippen LogP contribution in [0.25, 0.3) is 0 Å². The van der Waals surface area contributed by atoms with Gasteiger partial charge in [0.05, 0.1) is 5.92 Å². The summed E-state index contributed by atoms with van der Waals surface area (Å²) in [7, 11) is 0. The van der Waals surface area contributed by atoms with E-state index < -0.39 is 5.92 Å².